The summed E-state index contributed by atoms with van der Waals surface area (Å²) in [4.78, 5) is 48.8. The molecular formula is C24H22N4O4. The highest BCUT2D eigenvalue weighted by Crippen LogP contribution is 2.32. The molecule has 0 bridgehead atoms. The summed E-state index contributed by atoms with van der Waals surface area (Å²) in [6.45, 7) is 4.46. The van der Waals surface area contributed by atoms with E-state index in [9.17, 15) is 19.2 Å². The van der Waals surface area contributed by atoms with Crippen LogP contribution in [0.1, 0.15) is 57.4 Å². The molecule has 32 heavy (non-hydrogen) atoms. The topological polar surface area (TPSA) is 110 Å². The number of hydrogen-bond donors (Lipinski definition) is 2. The number of carbonyl (C=O) groups is 4. The van der Waals surface area contributed by atoms with Crippen LogP contribution in [-0.4, -0.2) is 33.7 Å². The minimum atomic E-state index is -0.850. The van der Waals surface area contributed by atoms with Crippen molar-refractivity contribution in [2.75, 3.05) is 10.6 Å². The van der Waals surface area contributed by atoms with E-state index >= 15 is 0 Å². The van der Waals surface area contributed by atoms with E-state index in [1.165, 1.54) is 0 Å². The lowest BCUT2D eigenvalue weighted by Crippen LogP contribution is -2.17. The van der Waals surface area contributed by atoms with Crippen LogP contribution in [0.5, 0.6) is 0 Å². The van der Waals surface area contributed by atoms with Crippen LogP contribution in [-0.2, 0) is 22.6 Å². The maximum absolute atomic E-state index is 13.0. The number of carbonyl (C=O) groups excluding carboxylic acids is 4. The number of hydrogen-bond acceptors (Lipinski definition) is 5. The second-order valence-electron chi connectivity index (χ2n) is 7.46. The normalized spacial score (nSPS) is 14.6. The van der Waals surface area contributed by atoms with Crippen molar-refractivity contribution < 1.29 is 19.2 Å². The maximum Gasteiger partial charge on any atom is 0.273 e. The Labute approximate surface area is 184 Å². The highest BCUT2D eigenvalue weighted by atomic mass is 16.2. The molecule has 1 unspecified atom stereocenters. The summed E-state index contributed by atoms with van der Waals surface area (Å²) in [6.07, 6.45) is 1.31. The molecule has 1 aliphatic heterocycles. The number of fused-ring (bicyclic) bond motifs is 1. The van der Waals surface area contributed by atoms with Crippen molar-refractivity contribution in [1.29, 1.82) is 0 Å². The Morgan fingerprint density at radius 3 is 2.62 bits per heavy atom. The largest absolute Gasteiger partial charge is 0.325 e. The predicted molar refractivity (Wildman–Crippen MR) is 119 cm³/mol. The number of benzene rings is 2. The van der Waals surface area contributed by atoms with Gasteiger partial charge in [-0.1, -0.05) is 31.2 Å². The third kappa shape index (κ3) is 3.82. The van der Waals surface area contributed by atoms with Crippen LogP contribution < -0.4 is 10.6 Å². The Morgan fingerprint density at radius 1 is 1.12 bits per heavy atom. The molecule has 4 rings (SSSR count). The van der Waals surface area contributed by atoms with E-state index in [-0.39, 0.29) is 11.7 Å². The molecular weight excluding hydrogens is 408 g/mol. The van der Waals surface area contributed by atoms with E-state index in [1.54, 1.807) is 53.2 Å². The van der Waals surface area contributed by atoms with Gasteiger partial charge in [0.05, 0.1) is 5.69 Å². The predicted octanol–water partition coefficient (Wildman–Crippen LogP) is 3.18. The van der Waals surface area contributed by atoms with Crippen LogP contribution in [0.2, 0.25) is 0 Å². The highest BCUT2D eigenvalue weighted by Gasteiger charge is 2.30. The lowest BCUT2D eigenvalue weighted by molar-refractivity contribution is -0.121. The van der Waals surface area contributed by atoms with Crippen LogP contribution >= 0.6 is 0 Å². The molecule has 1 atom stereocenters. The lowest BCUT2D eigenvalue weighted by Gasteiger charge is -2.09. The van der Waals surface area contributed by atoms with Gasteiger partial charge in [0.25, 0.3) is 5.91 Å². The van der Waals surface area contributed by atoms with Crippen LogP contribution in [0.4, 0.5) is 11.4 Å². The second-order valence-corrected chi connectivity index (χ2v) is 7.46. The summed E-state index contributed by atoms with van der Waals surface area (Å²) >= 11 is 0. The van der Waals surface area contributed by atoms with Crippen LogP contribution in [0.15, 0.2) is 48.5 Å². The highest BCUT2D eigenvalue weighted by molar-refractivity contribution is 6.14. The van der Waals surface area contributed by atoms with Gasteiger partial charge in [0.2, 0.25) is 5.91 Å². The number of nitrogens with zero attached hydrogens (tertiary/aromatic N) is 2. The third-order valence-corrected chi connectivity index (χ3v) is 5.43. The molecule has 0 fully saturated rings. The van der Waals surface area contributed by atoms with Gasteiger partial charge in [-0.25, -0.2) is 0 Å². The van der Waals surface area contributed by atoms with Gasteiger partial charge in [0.15, 0.2) is 5.78 Å². The quantitative estimate of drug-likeness (QED) is 0.340. The first-order valence-corrected chi connectivity index (χ1v) is 10.4. The first-order valence-electron chi connectivity index (χ1n) is 10.4. The summed E-state index contributed by atoms with van der Waals surface area (Å²) in [5.41, 5.74) is 3.55. The van der Waals surface area contributed by atoms with Crippen molar-refractivity contribution in [2.45, 2.75) is 32.7 Å². The van der Waals surface area contributed by atoms with Crippen molar-refractivity contribution in [3.05, 3.63) is 76.6 Å². The number of ketones is 1. The van der Waals surface area contributed by atoms with Gasteiger partial charge in [-0.2, -0.15) is 5.10 Å². The summed E-state index contributed by atoms with van der Waals surface area (Å²) in [6, 6.07) is 13.2. The molecule has 2 heterocycles. The van der Waals surface area contributed by atoms with Crippen molar-refractivity contribution in [3.8, 4) is 0 Å². The first-order chi connectivity index (χ1) is 15.4. The van der Waals surface area contributed by atoms with E-state index in [2.05, 4.69) is 15.7 Å². The Hall–Kier alpha value is -4.07. The monoisotopic (exact) mass is 430 g/mol. The molecule has 0 aliphatic carbocycles. The van der Waals surface area contributed by atoms with Crippen molar-refractivity contribution >= 4 is 35.3 Å². The molecule has 0 radical (unpaired) electrons. The minimum Gasteiger partial charge on any atom is -0.325 e. The van der Waals surface area contributed by atoms with Gasteiger partial charge < -0.3 is 15.4 Å². The number of rotatable bonds is 7. The molecule has 2 N–H and O–H groups in total. The van der Waals surface area contributed by atoms with E-state index < -0.39 is 11.8 Å². The molecule has 3 aromatic rings. The van der Waals surface area contributed by atoms with E-state index in [1.807, 2.05) is 13.8 Å². The number of aldehydes is 1. The molecule has 0 spiro atoms. The fraction of sp³-hybridized carbons (Fsp3) is 0.208. The van der Waals surface area contributed by atoms with Gasteiger partial charge in [0, 0.05) is 29.0 Å². The van der Waals surface area contributed by atoms with E-state index in [0.29, 0.717) is 46.6 Å². The molecule has 8 heteroatoms. The van der Waals surface area contributed by atoms with Gasteiger partial charge in [-0.3, -0.25) is 19.1 Å². The van der Waals surface area contributed by atoms with Crippen molar-refractivity contribution in [1.82, 2.24) is 9.78 Å². The molecule has 0 saturated carbocycles. The molecule has 1 aromatic heterocycles. The number of nitrogens with one attached hydrogen (secondary N) is 2. The molecule has 8 nitrogen and oxygen atoms in total. The molecule has 2 amide bonds. The smallest absolute Gasteiger partial charge is 0.273 e. The maximum atomic E-state index is 13.0. The van der Waals surface area contributed by atoms with Gasteiger partial charge in [-0.05, 0) is 43.2 Å². The molecule has 1 aliphatic rings. The fourth-order valence-corrected chi connectivity index (χ4v) is 3.73. The van der Waals surface area contributed by atoms with Crippen molar-refractivity contribution in [2.24, 2.45) is 0 Å². The number of amides is 2. The molecule has 0 saturated heterocycles. The Bertz CT molecular complexity index is 1240. The average molecular weight is 430 g/mol. The third-order valence-electron chi connectivity index (χ3n) is 5.43. The molecule has 2 aromatic carbocycles. The fourth-order valence-electron chi connectivity index (χ4n) is 3.73. The summed E-state index contributed by atoms with van der Waals surface area (Å²) < 4.78 is 1.65. The van der Waals surface area contributed by atoms with Crippen LogP contribution in [0.25, 0.3) is 0 Å². The van der Waals surface area contributed by atoms with Gasteiger partial charge in [0.1, 0.15) is 17.9 Å². The Morgan fingerprint density at radius 2 is 1.91 bits per heavy atom. The second kappa shape index (κ2) is 8.58. The zero-order valence-corrected chi connectivity index (χ0v) is 17.7. The lowest BCUT2D eigenvalue weighted by atomic mass is 9.97. The number of anilines is 2. The van der Waals surface area contributed by atoms with Crippen LogP contribution in [0, 0.1) is 0 Å². The average Bonchev–Trinajstić information content (AvgIpc) is 3.37. The van der Waals surface area contributed by atoms with E-state index in [0.717, 1.165) is 12.1 Å². The number of aromatic nitrogens is 2. The van der Waals surface area contributed by atoms with Crippen LogP contribution in [0.3, 0.4) is 0 Å². The SMILES string of the molecule is CCc1cc(C(=O)Nc2cccc(C(=O)c3ccc4c(c3)NC(=O)C4C=O)c2)n(CC)n1. The van der Waals surface area contributed by atoms with Crippen molar-refractivity contribution in [3.63, 3.8) is 0 Å². The van der Waals surface area contributed by atoms with Gasteiger partial charge in [-0.15, -0.1) is 0 Å². The summed E-state index contributed by atoms with van der Waals surface area (Å²) in [7, 11) is 0. The zero-order valence-electron chi connectivity index (χ0n) is 17.7. The standard InChI is InChI=1S/C24H22N4O4/c1-3-16-12-21(28(4-2)27-16)24(32)25-17-7-5-6-14(10-17)22(30)15-8-9-18-19(13-29)23(31)26-20(18)11-15/h5-13,19H,3-4H2,1-2H3,(H,25,32)(H,26,31). The Balaban J connectivity index is 1.56. The first kappa shape index (κ1) is 21.2. The van der Waals surface area contributed by atoms with Gasteiger partial charge >= 0.3 is 0 Å². The molecule has 162 valence electrons. The zero-order chi connectivity index (χ0) is 22.8. The summed E-state index contributed by atoms with van der Waals surface area (Å²) in [5, 5.41) is 9.85. The summed E-state index contributed by atoms with van der Waals surface area (Å²) in [5.74, 6) is -1.82. The van der Waals surface area contributed by atoms with E-state index in [4.69, 9.17) is 0 Å². The Kier molecular flexibility index (Phi) is 5.68. The minimum absolute atomic E-state index is 0.264. The number of aryl methyl sites for hydroxylation is 2.